The lowest BCUT2D eigenvalue weighted by Gasteiger charge is -2.17. The average molecular weight is 961 g/mol. The van der Waals surface area contributed by atoms with E-state index in [1.165, 1.54) is 30.3 Å². The van der Waals surface area contributed by atoms with Gasteiger partial charge < -0.3 is 35.5 Å². The van der Waals surface area contributed by atoms with Crippen molar-refractivity contribution >= 4 is 78.4 Å². The van der Waals surface area contributed by atoms with Crippen LogP contribution in [0.5, 0.6) is 11.5 Å². The molecule has 4 N–H and O–H groups in total. The molecule has 59 heavy (non-hydrogen) atoms. The largest absolute Gasteiger partial charge is 0.488 e. The molecule has 0 spiro atoms. The van der Waals surface area contributed by atoms with E-state index in [-0.39, 0.29) is 47.2 Å². The summed E-state index contributed by atoms with van der Waals surface area (Å²) in [5.41, 5.74) is 0.983. The van der Waals surface area contributed by atoms with Crippen LogP contribution in [0.15, 0.2) is 69.6 Å². The lowest BCUT2D eigenvalue weighted by Crippen LogP contribution is -2.23. The lowest BCUT2D eigenvalue weighted by atomic mass is 10.1. The van der Waals surface area contributed by atoms with Crippen LogP contribution in [-0.2, 0) is 49.5 Å². The Hall–Kier alpha value is -5.30. The summed E-state index contributed by atoms with van der Waals surface area (Å²) < 4.78 is 97.5. The zero-order valence-corrected chi connectivity index (χ0v) is 35.1. The maximum Gasteiger partial charge on any atom is 0.416 e. The Bertz CT molecular complexity index is 2020. The van der Waals surface area contributed by atoms with Crippen LogP contribution in [0, 0.1) is 13.8 Å². The molecule has 0 fully saturated rings. The predicted molar refractivity (Wildman–Crippen MR) is 215 cm³/mol. The molecular weight excluding hydrogens is 922 g/mol. The molecule has 19 heteroatoms. The van der Waals surface area contributed by atoms with Gasteiger partial charge in [0.1, 0.15) is 37.6 Å². The van der Waals surface area contributed by atoms with Crippen molar-refractivity contribution in [2.45, 2.75) is 66.1 Å². The molecule has 0 saturated carbocycles. The van der Waals surface area contributed by atoms with Gasteiger partial charge in [0.05, 0.1) is 20.1 Å². The maximum atomic E-state index is 13.4. The molecule has 0 saturated heterocycles. The number of ether oxygens (including phenoxy) is 3. The van der Waals surface area contributed by atoms with Crippen LogP contribution in [0.3, 0.4) is 0 Å². The number of alkyl halides is 6. The van der Waals surface area contributed by atoms with Crippen molar-refractivity contribution in [3.8, 4) is 11.5 Å². The summed E-state index contributed by atoms with van der Waals surface area (Å²) in [5.74, 6) is -3.55. The third-order valence-corrected chi connectivity index (χ3v) is 9.21. The number of halogens is 8. The molecule has 0 radical (unpaired) electrons. The second-order valence-corrected chi connectivity index (χ2v) is 14.7. The number of aryl methyl sites for hydroxylation is 2. The number of amides is 2. The molecule has 0 aliphatic rings. The van der Waals surface area contributed by atoms with E-state index in [2.05, 4.69) is 57.9 Å². The molecule has 0 unspecified atom stereocenters. The monoisotopic (exact) mass is 958 g/mol. The number of rotatable bonds is 16. The molecule has 11 nitrogen and oxygen atoms in total. The Morgan fingerprint density at radius 3 is 1.34 bits per heavy atom. The summed E-state index contributed by atoms with van der Waals surface area (Å²) in [7, 11) is 0. The average Bonchev–Trinajstić information content (AvgIpc) is 3.10. The van der Waals surface area contributed by atoms with Crippen LogP contribution in [0.4, 0.5) is 49.1 Å². The van der Waals surface area contributed by atoms with E-state index in [9.17, 15) is 45.5 Å². The topological polar surface area (TPSA) is 144 Å². The minimum atomic E-state index is -4.56. The SMILES string of the molecule is CCNc1cc(COc2c(C)cc(NC(=O)CC(=O)OC(=O)CC(=O)Nc3cc(Br)c(OCc4cc(NCC)cc(C(F)(F)F)c4)c(Br)c3)cc2C)cc(C(F)(F)F)c1. The highest BCUT2D eigenvalue weighted by Crippen LogP contribution is 2.38. The molecule has 316 valence electrons. The second-order valence-electron chi connectivity index (χ2n) is 13.0. The first-order valence-electron chi connectivity index (χ1n) is 17.7. The van der Waals surface area contributed by atoms with Gasteiger partial charge in [0.2, 0.25) is 11.8 Å². The van der Waals surface area contributed by atoms with Crippen LogP contribution < -0.4 is 30.7 Å². The Balaban J connectivity index is 1.27. The van der Waals surface area contributed by atoms with Crippen molar-refractivity contribution in [2.24, 2.45) is 0 Å². The summed E-state index contributed by atoms with van der Waals surface area (Å²) in [4.78, 5) is 49.9. The third-order valence-electron chi connectivity index (χ3n) is 8.03. The first-order valence-corrected chi connectivity index (χ1v) is 19.3. The number of carbonyl (C=O) groups is 4. The molecule has 0 atom stereocenters. The van der Waals surface area contributed by atoms with Crippen LogP contribution >= 0.6 is 31.9 Å². The van der Waals surface area contributed by atoms with Gasteiger partial charge in [-0.05, 0) is 142 Å². The number of hydrogen-bond donors (Lipinski definition) is 4. The van der Waals surface area contributed by atoms with Crippen LogP contribution in [0.2, 0.25) is 0 Å². The summed E-state index contributed by atoms with van der Waals surface area (Å²) in [6.45, 7) is 7.27. The van der Waals surface area contributed by atoms with Crippen molar-refractivity contribution in [2.75, 3.05) is 34.4 Å². The Kier molecular flexibility index (Phi) is 15.8. The fourth-order valence-corrected chi connectivity index (χ4v) is 7.11. The summed E-state index contributed by atoms with van der Waals surface area (Å²) in [6, 6.07) is 13.0. The second kappa shape index (κ2) is 20.1. The van der Waals surface area contributed by atoms with Crippen molar-refractivity contribution in [1.29, 1.82) is 0 Å². The molecular formula is C40H38Br2F6N4O7. The van der Waals surface area contributed by atoms with E-state index in [1.807, 2.05) is 0 Å². The molecule has 0 aliphatic carbocycles. The number of esters is 2. The minimum absolute atomic E-state index is 0.169. The zero-order chi connectivity index (χ0) is 43.7. The molecule has 0 aliphatic heterocycles. The lowest BCUT2D eigenvalue weighted by molar-refractivity contribution is -0.160. The highest BCUT2D eigenvalue weighted by atomic mass is 79.9. The molecule has 0 aromatic heterocycles. The molecule has 4 aromatic carbocycles. The zero-order valence-electron chi connectivity index (χ0n) is 31.9. The van der Waals surface area contributed by atoms with E-state index in [1.54, 1.807) is 33.8 Å². The van der Waals surface area contributed by atoms with Crippen molar-refractivity contribution in [1.82, 2.24) is 0 Å². The normalized spacial score (nSPS) is 11.4. The Labute approximate surface area is 351 Å². The molecule has 0 bridgehead atoms. The van der Waals surface area contributed by atoms with E-state index in [4.69, 9.17) is 9.47 Å². The Morgan fingerprint density at radius 2 is 0.949 bits per heavy atom. The fourth-order valence-electron chi connectivity index (χ4n) is 5.69. The first kappa shape index (κ1) is 46.4. The predicted octanol–water partition coefficient (Wildman–Crippen LogP) is 10.3. The quantitative estimate of drug-likeness (QED) is 0.0490. The van der Waals surface area contributed by atoms with Gasteiger partial charge in [-0.1, -0.05) is 0 Å². The smallest absolute Gasteiger partial charge is 0.416 e. The van der Waals surface area contributed by atoms with Gasteiger partial charge in [0, 0.05) is 35.8 Å². The van der Waals surface area contributed by atoms with E-state index < -0.39 is 60.1 Å². The van der Waals surface area contributed by atoms with E-state index >= 15 is 0 Å². The van der Waals surface area contributed by atoms with Crippen molar-refractivity contribution in [3.05, 3.63) is 103 Å². The summed E-state index contributed by atoms with van der Waals surface area (Å²) in [5, 5.41) is 10.7. The Morgan fingerprint density at radius 1 is 0.559 bits per heavy atom. The van der Waals surface area contributed by atoms with Gasteiger partial charge in [-0.3, -0.25) is 19.2 Å². The van der Waals surface area contributed by atoms with Gasteiger partial charge in [-0.2, -0.15) is 26.3 Å². The first-order chi connectivity index (χ1) is 27.6. The van der Waals surface area contributed by atoms with Gasteiger partial charge in [-0.25, -0.2) is 0 Å². The highest BCUT2D eigenvalue weighted by molar-refractivity contribution is 9.11. The summed E-state index contributed by atoms with van der Waals surface area (Å²) in [6.07, 6.45) is -10.9. The van der Waals surface area contributed by atoms with Crippen molar-refractivity contribution < 1.29 is 59.7 Å². The van der Waals surface area contributed by atoms with Gasteiger partial charge in [0.25, 0.3) is 0 Å². The van der Waals surface area contributed by atoms with Gasteiger partial charge in [-0.15, -0.1) is 0 Å². The fraction of sp³-hybridized carbons (Fsp3) is 0.300. The van der Waals surface area contributed by atoms with Gasteiger partial charge in [0.15, 0.2) is 0 Å². The van der Waals surface area contributed by atoms with Crippen LogP contribution in [0.1, 0.15) is 60.1 Å². The maximum absolute atomic E-state index is 13.4. The highest BCUT2D eigenvalue weighted by Gasteiger charge is 2.32. The van der Waals surface area contributed by atoms with Gasteiger partial charge >= 0.3 is 24.3 Å². The number of hydrogen-bond acceptors (Lipinski definition) is 9. The molecule has 2 amide bonds. The third kappa shape index (κ3) is 13.9. The number of carbonyl (C=O) groups excluding carboxylic acids is 4. The molecule has 4 rings (SSSR count). The minimum Gasteiger partial charge on any atom is -0.488 e. The molecule has 0 heterocycles. The van der Waals surface area contributed by atoms with Crippen LogP contribution in [-0.4, -0.2) is 36.8 Å². The standard InChI is InChI=1S/C40H38Br2F6N4O7/c1-5-49-27-11-23(9-25(13-27)39(43,44)45)19-57-37-21(3)7-29(8-22(37)4)51-33(53)17-35(55)59-36(56)18-34(54)52-30-15-31(41)38(32(42)16-30)58-20-24-10-26(40(46,47)48)14-28(12-24)50-6-2/h7-16,49-50H,5-6,17-20H2,1-4H3,(H,51,53)(H,52,54). The van der Waals surface area contributed by atoms with E-state index in [0.717, 1.165) is 24.3 Å². The number of nitrogens with one attached hydrogen (secondary N) is 4. The van der Waals surface area contributed by atoms with E-state index in [0.29, 0.717) is 44.6 Å². The molecule has 4 aromatic rings. The number of benzene rings is 4. The van der Waals surface area contributed by atoms with Crippen LogP contribution in [0.25, 0.3) is 0 Å². The van der Waals surface area contributed by atoms with Crippen molar-refractivity contribution in [3.63, 3.8) is 0 Å². The summed E-state index contributed by atoms with van der Waals surface area (Å²) >= 11 is 6.61. The number of anilines is 4.